The number of hydrogen-bond acceptors (Lipinski definition) is 3. The summed E-state index contributed by atoms with van der Waals surface area (Å²) in [6, 6.07) is 5.15. The molecule has 1 rings (SSSR count). The summed E-state index contributed by atoms with van der Waals surface area (Å²) in [5.74, 6) is -1.27. The second kappa shape index (κ2) is 6.72. The molecule has 0 saturated heterocycles. The Morgan fingerprint density at radius 3 is 2.55 bits per heavy atom. The number of carboxylic acid groups (broad SMARTS) is 1. The molecular formula is C14H19ClN2O3. The highest BCUT2D eigenvalue weighted by Gasteiger charge is 2.30. The summed E-state index contributed by atoms with van der Waals surface area (Å²) >= 11 is 5.84. The smallest absolute Gasteiger partial charge is 0.323 e. The van der Waals surface area contributed by atoms with Gasteiger partial charge >= 0.3 is 5.97 Å². The van der Waals surface area contributed by atoms with Gasteiger partial charge in [-0.25, -0.2) is 0 Å². The Hall–Kier alpha value is -1.59. The van der Waals surface area contributed by atoms with Crippen LogP contribution in [0.25, 0.3) is 0 Å². The van der Waals surface area contributed by atoms with E-state index >= 15 is 0 Å². The summed E-state index contributed by atoms with van der Waals surface area (Å²) in [4.78, 5) is 22.9. The van der Waals surface area contributed by atoms with E-state index in [1.807, 2.05) is 6.92 Å². The van der Waals surface area contributed by atoms with Gasteiger partial charge in [0.15, 0.2) is 0 Å². The van der Waals surface area contributed by atoms with Crippen LogP contribution in [0.2, 0.25) is 5.02 Å². The Labute approximate surface area is 123 Å². The number of aryl methyl sites for hydroxylation is 1. The summed E-state index contributed by atoms with van der Waals surface area (Å²) in [5.41, 5.74) is 0.406. The zero-order valence-electron chi connectivity index (χ0n) is 11.8. The fourth-order valence-corrected chi connectivity index (χ4v) is 1.82. The largest absolute Gasteiger partial charge is 0.480 e. The van der Waals surface area contributed by atoms with Crippen molar-refractivity contribution in [1.29, 1.82) is 0 Å². The average Bonchev–Trinajstić information content (AvgIpc) is 2.39. The maximum absolute atomic E-state index is 11.8. The number of anilines is 1. The van der Waals surface area contributed by atoms with E-state index in [4.69, 9.17) is 16.7 Å². The van der Waals surface area contributed by atoms with Crippen LogP contribution in [-0.2, 0) is 9.59 Å². The number of amides is 1. The highest BCUT2D eigenvalue weighted by atomic mass is 35.5. The maximum Gasteiger partial charge on any atom is 0.323 e. The predicted molar refractivity (Wildman–Crippen MR) is 79.2 cm³/mol. The van der Waals surface area contributed by atoms with Crippen LogP contribution in [0.5, 0.6) is 0 Å². The number of carboxylic acids is 1. The first-order chi connectivity index (χ1) is 9.28. The molecule has 1 atom stereocenters. The molecule has 0 spiro atoms. The van der Waals surface area contributed by atoms with Crippen molar-refractivity contribution in [2.75, 3.05) is 11.9 Å². The summed E-state index contributed by atoms with van der Waals surface area (Å²) in [6.07, 6.45) is 0.385. The van der Waals surface area contributed by atoms with E-state index in [1.54, 1.807) is 32.0 Å². The van der Waals surface area contributed by atoms with Gasteiger partial charge in [-0.3, -0.25) is 14.9 Å². The van der Waals surface area contributed by atoms with Gasteiger partial charge in [0.25, 0.3) is 0 Å². The van der Waals surface area contributed by atoms with Gasteiger partial charge in [0.1, 0.15) is 5.54 Å². The van der Waals surface area contributed by atoms with Crippen LogP contribution in [0.15, 0.2) is 18.2 Å². The summed E-state index contributed by atoms with van der Waals surface area (Å²) in [7, 11) is 0. The van der Waals surface area contributed by atoms with Crippen molar-refractivity contribution in [3.05, 3.63) is 28.8 Å². The van der Waals surface area contributed by atoms with E-state index in [1.165, 1.54) is 0 Å². The van der Waals surface area contributed by atoms with Gasteiger partial charge in [0.2, 0.25) is 5.91 Å². The van der Waals surface area contributed by atoms with Gasteiger partial charge in [0.05, 0.1) is 6.54 Å². The number of hydrogen-bond donors (Lipinski definition) is 3. The molecule has 1 unspecified atom stereocenters. The first-order valence-corrected chi connectivity index (χ1v) is 6.70. The summed E-state index contributed by atoms with van der Waals surface area (Å²) in [5, 5.41) is 15.2. The van der Waals surface area contributed by atoms with E-state index in [0.29, 0.717) is 17.1 Å². The molecule has 0 aliphatic heterocycles. The van der Waals surface area contributed by atoms with E-state index in [-0.39, 0.29) is 12.5 Å². The van der Waals surface area contributed by atoms with Gasteiger partial charge in [-0.2, -0.15) is 0 Å². The zero-order valence-corrected chi connectivity index (χ0v) is 12.5. The number of aliphatic carboxylic acids is 1. The topological polar surface area (TPSA) is 78.4 Å². The van der Waals surface area contributed by atoms with Crippen LogP contribution >= 0.6 is 11.6 Å². The molecule has 0 bridgehead atoms. The van der Waals surface area contributed by atoms with Gasteiger partial charge in [-0.1, -0.05) is 18.5 Å². The predicted octanol–water partition coefficient (Wildman–Crippen LogP) is 2.43. The van der Waals surface area contributed by atoms with Crippen LogP contribution in [0.4, 0.5) is 5.69 Å². The molecule has 0 aliphatic rings. The van der Waals surface area contributed by atoms with E-state index < -0.39 is 11.5 Å². The quantitative estimate of drug-likeness (QED) is 0.754. The molecule has 6 heteroatoms. The minimum atomic E-state index is -1.10. The van der Waals surface area contributed by atoms with E-state index in [9.17, 15) is 9.59 Å². The number of carbonyl (C=O) groups excluding carboxylic acids is 1. The van der Waals surface area contributed by atoms with Crippen molar-refractivity contribution in [3.63, 3.8) is 0 Å². The molecule has 0 heterocycles. The molecule has 20 heavy (non-hydrogen) atoms. The first kappa shape index (κ1) is 16.5. The molecule has 0 aliphatic carbocycles. The van der Waals surface area contributed by atoms with Gasteiger partial charge < -0.3 is 10.4 Å². The lowest BCUT2D eigenvalue weighted by atomic mass is 9.99. The first-order valence-electron chi connectivity index (χ1n) is 6.33. The molecule has 110 valence electrons. The lowest BCUT2D eigenvalue weighted by molar-refractivity contribution is -0.144. The second-order valence-corrected chi connectivity index (χ2v) is 5.29. The molecule has 0 fully saturated rings. The fraction of sp³-hybridized carbons (Fsp3) is 0.429. The fourth-order valence-electron chi connectivity index (χ4n) is 1.59. The van der Waals surface area contributed by atoms with Crippen LogP contribution in [0.3, 0.4) is 0 Å². The van der Waals surface area contributed by atoms with Crippen molar-refractivity contribution < 1.29 is 14.7 Å². The molecule has 1 aromatic rings. The standard InChI is InChI=1S/C14H19ClN2O3/c1-4-14(3,13(19)20)16-8-12(18)17-11-6-5-10(15)7-9(11)2/h5-7,16H,4,8H2,1-3H3,(H,17,18)(H,19,20). The van der Waals surface area contributed by atoms with Crippen molar-refractivity contribution >= 4 is 29.2 Å². The number of nitrogens with one attached hydrogen (secondary N) is 2. The van der Waals surface area contributed by atoms with Gasteiger partial charge in [-0.15, -0.1) is 0 Å². The van der Waals surface area contributed by atoms with Gasteiger partial charge in [-0.05, 0) is 44.0 Å². The monoisotopic (exact) mass is 298 g/mol. The Morgan fingerprint density at radius 2 is 2.05 bits per heavy atom. The molecule has 1 amide bonds. The van der Waals surface area contributed by atoms with Crippen LogP contribution in [0, 0.1) is 6.92 Å². The average molecular weight is 299 g/mol. The third-order valence-electron chi connectivity index (χ3n) is 3.28. The third kappa shape index (κ3) is 4.21. The van der Waals surface area contributed by atoms with Crippen molar-refractivity contribution in [2.24, 2.45) is 0 Å². The van der Waals surface area contributed by atoms with Crippen LogP contribution in [-0.4, -0.2) is 29.1 Å². The van der Waals surface area contributed by atoms with E-state index in [2.05, 4.69) is 10.6 Å². The number of carbonyl (C=O) groups is 2. The molecular weight excluding hydrogens is 280 g/mol. The highest BCUT2D eigenvalue weighted by Crippen LogP contribution is 2.19. The lowest BCUT2D eigenvalue weighted by Crippen LogP contribution is -2.51. The van der Waals surface area contributed by atoms with Crippen molar-refractivity contribution in [2.45, 2.75) is 32.7 Å². The molecule has 1 aromatic carbocycles. The Morgan fingerprint density at radius 1 is 1.40 bits per heavy atom. The van der Waals surface area contributed by atoms with Crippen molar-refractivity contribution in [1.82, 2.24) is 5.32 Å². The van der Waals surface area contributed by atoms with Crippen LogP contribution in [0.1, 0.15) is 25.8 Å². The molecule has 0 aromatic heterocycles. The second-order valence-electron chi connectivity index (χ2n) is 4.85. The van der Waals surface area contributed by atoms with Crippen molar-refractivity contribution in [3.8, 4) is 0 Å². The zero-order chi connectivity index (χ0) is 15.3. The SMILES string of the molecule is CCC(C)(NCC(=O)Nc1ccc(Cl)cc1C)C(=O)O. The maximum atomic E-state index is 11.8. The van der Waals surface area contributed by atoms with E-state index in [0.717, 1.165) is 5.56 Å². The Bertz CT molecular complexity index is 519. The van der Waals surface area contributed by atoms with Gasteiger partial charge in [0, 0.05) is 10.7 Å². The molecule has 3 N–H and O–H groups in total. The summed E-state index contributed by atoms with van der Waals surface area (Å²) < 4.78 is 0. The normalized spacial score (nSPS) is 13.6. The molecule has 0 radical (unpaired) electrons. The molecule has 5 nitrogen and oxygen atoms in total. The van der Waals surface area contributed by atoms with Crippen LogP contribution < -0.4 is 10.6 Å². The highest BCUT2D eigenvalue weighted by molar-refractivity contribution is 6.30. The lowest BCUT2D eigenvalue weighted by Gasteiger charge is -2.24. The minimum absolute atomic E-state index is 0.0707. The third-order valence-corrected chi connectivity index (χ3v) is 3.52. The Kier molecular flexibility index (Phi) is 5.53. The number of benzene rings is 1. The number of rotatable bonds is 6. The summed E-state index contributed by atoms with van der Waals surface area (Å²) in [6.45, 7) is 5.07. The Balaban J connectivity index is 2.62. The number of halogens is 1. The molecule has 0 saturated carbocycles. The minimum Gasteiger partial charge on any atom is -0.480 e.